The maximum Gasteiger partial charge on any atom is 0.305 e. The van der Waals surface area contributed by atoms with Crippen LogP contribution in [-0.4, -0.2) is 56.1 Å². The van der Waals surface area contributed by atoms with Gasteiger partial charge in [-0.1, -0.05) is 0 Å². The Balaban J connectivity index is 2.49. The lowest BCUT2D eigenvalue weighted by molar-refractivity contribution is -0.141. The van der Waals surface area contributed by atoms with E-state index in [9.17, 15) is 9.59 Å². The number of amides is 1. The third-order valence-electron chi connectivity index (χ3n) is 3.45. The van der Waals surface area contributed by atoms with Gasteiger partial charge in [0.1, 0.15) is 0 Å². The van der Waals surface area contributed by atoms with Crippen molar-refractivity contribution in [2.45, 2.75) is 32.2 Å². The highest BCUT2D eigenvalue weighted by Crippen LogP contribution is 2.21. The number of nitrogens with two attached hydrogens (primary N) is 1. The minimum Gasteiger partial charge on any atom is -0.469 e. The summed E-state index contributed by atoms with van der Waals surface area (Å²) < 4.78 is 4.66. The Hall–Kier alpha value is -1.14. The predicted octanol–water partition coefficient (Wildman–Crippen LogP) is -0.275. The smallest absolute Gasteiger partial charge is 0.305 e. The van der Waals surface area contributed by atoms with Crippen molar-refractivity contribution in [2.75, 3.05) is 33.3 Å². The molecule has 19 heavy (non-hydrogen) atoms. The van der Waals surface area contributed by atoms with Crippen LogP contribution in [0.5, 0.6) is 0 Å². The number of piperidine rings is 1. The molecule has 2 unspecified atom stereocenters. The molecule has 0 bridgehead atoms. The fraction of sp³-hybridized carbons (Fsp3) is 0.846. The molecule has 0 aromatic carbocycles. The maximum atomic E-state index is 11.2. The molecule has 6 heteroatoms. The number of carbonyl (C=O) groups is 2. The summed E-state index contributed by atoms with van der Waals surface area (Å²) in [5, 5.41) is 2.96. The molecule has 1 amide bonds. The van der Waals surface area contributed by atoms with Crippen LogP contribution in [0.15, 0.2) is 0 Å². The summed E-state index contributed by atoms with van der Waals surface area (Å²) >= 11 is 0. The number of esters is 1. The summed E-state index contributed by atoms with van der Waals surface area (Å²) in [5.41, 5.74) is 5.59. The Morgan fingerprint density at radius 3 is 2.74 bits per heavy atom. The number of methoxy groups -OCH3 is 1. The molecular formula is C13H25N3O3. The van der Waals surface area contributed by atoms with E-state index >= 15 is 0 Å². The number of rotatable bonds is 6. The number of hydrogen-bond donors (Lipinski definition) is 2. The van der Waals surface area contributed by atoms with Crippen molar-refractivity contribution in [2.24, 2.45) is 11.7 Å². The zero-order chi connectivity index (χ0) is 14.3. The van der Waals surface area contributed by atoms with Crippen LogP contribution in [0.4, 0.5) is 0 Å². The third kappa shape index (κ3) is 6.02. The van der Waals surface area contributed by atoms with Crippen molar-refractivity contribution >= 4 is 11.9 Å². The van der Waals surface area contributed by atoms with E-state index in [0.717, 1.165) is 32.5 Å². The van der Waals surface area contributed by atoms with Crippen molar-refractivity contribution in [3.05, 3.63) is 0 Å². The van der Waals surface area contributed by atoms with E-state index in [1.54, 1.807) is 0 Å². The largest absolute Gasteiger partial charge is 0.469 e. The highest BCUT2D eigenvalue weighted by Gasteiger charge is 2.27. The Kier molecular flexibility index (Phi) is 6.80. The second-order valence-electron chi connectivity index (χ2n) is 5.16. The van der Waals surface area contributed by atoms with Gasteiger partial charge in [-0.25, -0.2) is 0 Å². The van der Waals surface area contributed by atoms with E-state index in [1.165, 1.54) is 14.0 Å². The van der Waals surface area contributed by atoms with E-state index < -0.39 is 0 Å². The van der Waals surface area contributed by atoms with Gasteiger partial charge in [-0.15, -0.1) is 0 Å². The molecule has 0 aromatic rings. The number of hydrogen-bond acceptors (Lipinski definition) is 5. The normalized spacial score (nSPS) is 23.9. The lowest BCUT2D eigenvalue weighted by atomic mass is 9.90. The molecule has 1 heterocycles. The number of ether oxygens (including phenoxy) is 1. The Bertz CT molecular complexity index is 310. The monoisotopic (exact) mass is 271 g/mol. The average Bonchev–Trinajstić information content (AvgIpc) is 2.35. The summed E-state index contributed by atoms with van der Waals surface area (Å²) in [6.45, 7) is 4.74. The van der Waals surface area contributed by atoms with Gasteiger partial charge >= 0.3 is 5.97 Å². The van der Waals surface area contributed by atoms with Crippen LogP contribution in [0.1, 0.15) is 26.2 Å². The van der Waals surface area contributed by atoms with Crippen molar-refractivity contribution in [1.82, 2.24) is 10.2 Å². The van der Waals surface area contributed by atoms with E-state index in [1.807, 2.05) is 0 Å². The lowest BCUT2D eigenvalue weighted by Crippen LogP contribution is -2.51. The van der Waals surface area contributed by atoms with E-state index in [2.05, 4.69) is 15.0 Å². The van der Waals surface area contributed by atoms with Gasteiger partial charge in [-0.3, -0.25) is 14.5 Å². The molecule has 6 nitrogen and oxygen atoms in total. The van der Waals surface area contributed by atoms with E-state index in [0.29, 0.717) is 18.9 Å². The fourth-order valence-electron chi connectivity index (χ4n) is 2.69. The molecule has 3 N–H and O–H groups in total. The molecule has 1 fully saturated rings. The molecule has 0 spiro atoms. The maximum absolute atomic E-state index is 11.2. The first-order valence-electron chi connectivity index (χ1n) is 6.81. The second-order valence-corrected chi connectivity index (χ2v) is 5.16. The highest BCUT2D eigenvalue weighted by molar-refractivity contribution is 5.73. The van der Waals surface area contributed by atoms with Crippen molar-refractivity contribution < 1.29 is 14.3 Å². The average molecular weight is 271 g/mol. The molecule has 0 aromatic heterocycles. The number of nitrogens with zero attached hydrogens (tertiary/aromatic N) is 1. The van der Waals surface area contributed by atoms with Gasteiger partial charge in [-0.2, -0.15) is 0 Å². The molecular weight excluding hydrogens is 246 g/mol. The van der Waals surface area contributed by atoms with Crippen LogP contribution >= 0.6 is 0 Å². The van der Waals surface area contributed by atoms with Gasteiger partial charge < -0.3 is 15.8 Å². The fourth-order valence-corrected chi connectivity index (χ4v) is 2.69. The molecule has 110 valence electrons. The van der Waals surface area contributed by atoms with Crippen LogP contribution < -0.4 is 11.1 Å². The molecule has 2 atom stereocenters. The number of likely N-dealkylation sites (tertiary alicyclic amines) is 1. The van der Waals surface area contributed by atoms with Gasteiger partial charge in [0.05, 0.1) is 7.11 Å². The second kappa shape index (κ2) is 8.12. The predicted molar refractivity (Wildman–Crippen MR) is 72.5 cm³/mol. The van der Waals surface area contributed by atoms with Crippen molar-refractivity contribution in [3.63, 3.8) is 0 Å². The quantitative estimate of drug-likeness (QED) is 0.649. The number of nitrogens with one attached hydrogen (secondary N) is 1. The van der Waals surface area contributed by atoms with Crippen molar-refractivity contribution in [1.29, 1.82) is 0 Å². The summed E-state index contributed by atoms with van der Waals surface area (Å²) in [5.74, 6) is 0.217. The van der Waals surface area contributed by atoms with Crippen molar-refractivity contribution in [3.8, 4) is 0 Å². The summed E-state index contributed by atoms with van der Waals surface area (Å²) in [6.07, 6.45) is 2.14. The molecule has 0 aliphatic carbocycles. The first-order chi connectivity index (χ1) is 9.05. The summed E-state index contributed by atoms with van der Waals surface area (Å²) in [7, 11) is 1.41. The summed E-state index contributed by atoms with van der Waals surface area (Å²) in [6, 6.07) is 0.153. The first-order valence-corrected chi connectivity index (χ1v) is 6.81. The van der Waals surface area contributed by atoms with Crippen LogP contribution in [-0.2, 0) is 14.3 Å². The third-order valence-corrected chi connectivity index (χ3v) is 3.45. The SMILES string of the molecule is COC(=O)CCC1CC(NC(C)=O)CN(CCN)C1. The molecule has 0 saturated carbocycles. The topological polar surface area (TPSA) is 84.7 Å². The van der Waals surface area contributed by atoms with Crippen LogP contribution in [0.3, 0.4) is 0 Å². The van der Waals surface area contributed by atoms with Crippen LogP contribution in [0.25, 0.3) is 0 Å². The van der Waals surface area contributed by atoms with E-state index in [-0.39, 0.29) is 17.9 Å². The zero-order valence-electron chi connectivity index (χ0n) is 11.9. The van der Waals surface area contributed by atoms with Crippen LogP contribution in [0.2, 0.25) is 0 Å². The lowest BCUT2D eigenvalue weighted by Gasteiger charge is -2.37. The first kappa shape index (κ1) is 15.9. The Morgan fingerprint density at radius 2 is 2.16 bits per heavy atom. The Morgan fingerprint density at radius 1 is 1.42 bits per heavy atom. The van der Waals surface area contributed by atoms with Gasteiger partial charge in [0, 0.05) is 45.6 Å². The van der Waals surface area contributed by atoms with Gasteiger partial charge in [0.25, 0.3) is 0 Å². The standard InChI is InChI=1S/C13H25N3O3/c1-10(17)15-12-7-11(3-4-13(18)19-2)8-16(9-12)6-5-14/h11-12H,3-9,14H2,1-2H3,(H,15,17). The zero-order valence-corrected chi connectivity index (χ0v) is 11.9. The van der Waals surface area contributed by atoms with Gasteiger partial charge in [0.2, 0.25) is 5.91 Å². The number of carbonyl (C=O) groups excluding carboxylic acids is 2. The molecule has 1 aliphatic rings. The Labute approximate surface area is 114 Å². The minimum absolute atomic E-state index is 0.00804. The highest BCUT2D eigenvalue weighted by atomic mass is 16.5. The van der Waals surface area contributed by atoms with E-state index in [4.69, 9.17) is 5.73 Å². The molecule has 1 aliphatic heterocycles. The van der Waals surface area contributed by atoms with Gasteiger partial charge in [0.15, 0.2) is 0 Å². The molecule has 0 radical (unpaired) electrons. The minimum atomic E-state index is -0.174. The van der Waals surface area contributed by atoms with Crippen LogP contribution in [0, 0.1) is 5.92 Å². The molecule has 1 saturated heterocycles. The summed E-state index contributed by atoms with van der Waals surface area (Å²) in [4.78, 5) is 24.6. The van der Waals surface area contributed by atoms with Gasteiger partial charge in [-0.05, 0) is 18.8 Å². The molecule has 1 rings (SSSR count).